The van der Waals surface area contributed by atoms with Crippen LogP contribution in [0.1, 0.15) is 27.9 Å². The third kappa shape index (κ3) is 4.04. The lowest BCUT2D eigenvalue weighted by Crippen LogP contribution is -2.35. The molecule has 0 saturated carbocycles. The lowest BCUT2D eigenvalue weighted by molar-refractivity contribution is -0.130. The van der Waals surface area contributed by atoms with E-state index in [1.54, 1.807) is 24.1 Å². The van der Waals surface area contributed by atoms with Gasteiger partial charge in [0.05, 0.1) is 12.7 Å². The Morgan fingerprint density at radius 2 is 1.88 bits per heavy atom. The fourth-order valence-electron chi connectivity index (χ4n) is 3.26. The second kappa shape index (κ2) is 8.04. The lowest BCUT2D eigenvalue weighted by Gasteiger charge is -2.23. The van der Waals surface area contributed by atoms with Crippen LogP contribution in [0.4, 0.5) is 0 Å². The molecule has 2 amide bonds. The molecule has 1 aliphatic rings. The summed E-state index contributed by atoms with van der Waals surface area (Å²) in [5.41, 5.74) is 2.83. The molecular weight excluding hydrogens is 328 g/mol. The topological polar surface area (TPSA) is 49.9 Å². The first-order valence-corrected chi connectivity index (χ1v) is 8.84. The van der Waals surface area contributed by atoms with Gasteiger partial charge in [0.2, 0.25) is 5.91 Å². The minimum absolute atomic E-state index is 0.0850. The first-order valence-electron chi connectivity index (χ1n) is 8.84. The maximum Gasteiger partial charge on any atom is 0.257 e. The molecule has 2 aromatic carbocycles. The number of para-hydroxylation sites is 1. The van der Waals surface area contributed by atoms with E-state index < -0.39 is 0 Å². The van der Waals surface area contributed by atoms with Crippen molar-refractivity contribution in [2.45, 2.75) is 19.9 Å². The van der Waals surface area contributed by atoms with Crippen LogP contribution in [-0.2, 0) is 11.3 Å². The van der Waals surface area contributed by atoms with Gasteiger partial charge in [0.1, 0.15) is 5.75 Å². The highest BCUT2D eigenvalue weighted by Gasteiger charge is 2.26. The molecule has 2 aromatic rings. The van der Waals surface area contributed by atoms with Crippen LogP contribution in [0.5, 0.6) is 5.75 Å². The quantitative estimate of drug-likeness (QED) is 0.850. The molecule has 0 aromatic heterocycles. The average Bonchev–Trinajstić information content (AvgIpc) is 2.83. The van der Waals surface area contributed by atoms with Gasteiger partial charge in [-0.05, 0) is 24.6 Å². The van der Waals surface area contributed by atoms with Gasteiger partial charge in [-0.25, -0.2) is 0 Å². The number of hydrogen-bond donors (Lipinski definition) is 0. The van der Waals surface area contributed by atoms with Crippen molar-refractivity contribution in [2.24, 2.45) is 0 Å². The molecule has 1 saturated heterocycles. The zero-order valence-electron chi connectivity index (χ0n) is 15.3. The van der Waals surface area contributed by atoms with Crippen LogP contribution in [0.3, 0.4) is 0 Å². The molecule has 136 valence electrons. The Morgan fingerprint density at radius 3 is 2.65 bits per heavy atom. The largest absolute Gasteiger partial charge is 0.496 e. The molecule has 0 N–H and O–H groups in total. The van der Waals surface area contributed by atoms with Crippen LogP contribution in [-0.4, -0.2) is 48.4 Å². The van der Waals surface area contributed by atoms with Crippen molar-refractivity contribution in [3.05, 3.63) is 65.2 Å². The zero-order chi connectivity index (χ0) is 18.5. The van der Waals surface area contributed by atoms with Crippen LogP contribution in [0.15, 0.2) is 48.5 Å². The standard InChI is InChI=1S/C21H24N2O3/c1-16-6-5-7-17(14-16)15-23-13-12-22(11-10-20(23)24)21(25)18-8-3-4-9-19(18)26-2/h3-9,14H,10-13,15H2,1-2H3. The molecule has 1 heterocycles. The van der Waals surface area contributed by atoms with E-state index in [1.165, 1.54) is 5.56 Å². The number of carbonyl (C=O) groups excluding carboxylic acids is 2. The number of aryl methyl sites for hydroxylation is 1. The third-order valence-electron chi connectivity index (χ3n) is 4.67. The minimum atomic E-state index is -0.0901. The van der Waals surface area contributed by atoms with Gasteiger partial charge in [0, 0.05) is 32.6 Å². The molecule has 0 aliphatic carbocycles. The van der Waals surface area contributed by atoms with E-state index in [2.05, 4.69) is 6.07 Å². The van der Waals surface area contributed by atoms with Crippen LogP contribution >= 0.6 is 0 Å². The van der Waals surface area contributed by atoms with Crippen LogP contribution in [0.25, 0.3) is 0 Å². The third-order valence-corrected chi connectivity index (χ3v) is 4.67. The summed E-state index contributed by atoms with van der Waals surface area (Å²) in [7, 11) is 1.56. The van der Waals surface area contributed by atoms with E-state index in [0.29, 0.717) is 43.9 Å². The van der Waals surface area contributed by atoms with Crippen molar-refractivity contribution in [1.82, 2.24) is 9.80 Å². The van der Waals surface area contributed by atoms with Gasteiger partial charge in [-0.1, -0.05) is 42.0 Å². The first kappa shape index (κ1) is 18.0. The summed E-state index contributed by atoms with van der Waals surface area (Å²) in [6, 6.07) is 15.4. The molecule has 5 nitrogen and oxygen atoms in total. The van der Waals surface area contributed by atoms with E-state index in [4.69, 9.17) is 4.74 Å². The van der Waals surface area contributed by atoms with Gasteiger partial charge < -0.3 is 14.5 Å². The smallest absolute Gasteiger partial charge is 0.257 e. The molecule has 0 radical (unpaired) electrons. The summed E-state index contributed by atoms with van der Waals surface area (Å²) in [6.07, 6.45) is 0.340. The molecule has 0 atom stereocenters. The zero-order valence-corrected chi connectivity index (χ0v) is 15.3. The maximum absolute atomic E-state index is 12.9. The predicted molar refractivity (Wildman–Crippen MR) is 100 cm³/mol. The van der Waals surface area contributed by atoms with Crippen molar-refractivity contribution < 1.29 is 14.3 Å². The molecule has 1 aliphatic heterocycles. The van der Waals surface area contributed by atoms with E-state index >= 15 is 0 Å². The fraction of sp³-hybridized carbons (Fsp3) is 0.333. The molecule has 0 spiro atoms. The van der Waals surface area contributed by atoms with Crippen molar-refractivity contribution in [3.63, 3.8) is 0 Å². The van der Waals surface area contributed by atoms with Gasteiger partial charge in [-0.2, -0.15) is 0 Å². The number of ether oxygens (including phenoxy) is 1. The van der Waals surface area contributed by atoms with Crippen LogP contribution in [0, 0.1) is 6.92 Å². The summed E-state index contributed by atoms with van der Waals surface area (Å²) < 4.78 is 5.30. The summed E-state index contributed by atoms with van der Waals surface area (Å²) in [5.74, 6) is 0.555. The number of rotatable bonds is 4. The highest BCUT2D eigenvalue weighted by molar-refractivity contribution is 5.97. The Bertz CT molecular complexity index is 803. The Hall–Kier alpha value is -2.82. The van der Waals surface area contributed by atoms with Gasteiger partial charge in [-0.15, -0.1) is 0 Å². The molecule has 0 bridgehead atoms. The summed E-state index contributed by atoms with van der Waals surface area (Å²) in [5, 5.41) is 0. The first-order chi connectivity index (χ1) is 12.6. The Balaban J connectivity index is 1.70. The molecule has 26 heavy (non-hydrogen) atoms. The van der Waals surface area contributed by atoms with Crippen molar-refractivity contribution >= 4 is 11.8 Å². The fourth-order valence-corrected chi connectivity index (χ4v) is 3.26. The van der Waals surface area contributed by atoms with Gasteiger partial charge in [0.15, 0.2) is 0 Å². The van der Waals surface area contributed by atoms with Gasteiger partial charge >= 0.3 is 0 Å². The van der Waals surface area contributed by atoms with E-state index in [9.17, 15) is 9.59 Å². The molecule has 5 heteroatoms. The SMILES string of the molecule is COc1ccccc1C(=O)N1CCC(=O)N(Cc2cccc(C)c2)CC1. The molecule has 3 rings (SSSR count). The number of nitrogens with zero attached hydrogens (tertiary/aromatic N) is 2. The summed E-state index contributed by atoms with van der Waals surface area (Å²) in [6.45, 7) is 4.11. The summed E-state index contributed by atoms with van der Waals surface area (Å²) >= 11 is 0. The highest BCUT2D eigenvalue weighted by Crippen LogP contribution is 2.20. The van der Waals surface area contributed by atoms with Gasteiger partial charge in [-0.3, -0.25) is 9.59 Å². The van der Waals surface area contributed by atoms with Crippen molar-refractivity contribution in [3.8, 4) is 5.75 Å². The molecule has 0 unspecified atom stereocenters. The summed E-state index contributed by atoms with van der Waals surface area (Å²) in [4.78, 5) is 28.9. The lowest BCUT2D eigenvalue weighted by atomic mass is 10.1. The Morgan fingerprint density at radius 1 is 1.08 bits per heavy atom. The second-order valence-electron chi connectivity index (χ2n) is 6.55. The van der Waals surface area contributed by atoms with Crippen LogP contribution < -0.4 is 4.74 Å². The molecular formula is C21H24N2O3. The number of methoxy groups -OCH3 is 1. The monoisotopic (exact) mass is 352 g/mol. The number of hydrogen-bond acceptors (Lipinski definition) is 3. The normalized spacial score (nSPS) is 14.9. The van der Waals surface area contributed by atoms with Gasteiger partial charge in [0.25, 0.3) is 5.91 Å². The number of benzene rings is 2. The maximum atomic E-state index is 12.9. The number of amides is 2. The van der Waals surface area contributed by atoms with Crippen molar-refractivity contribution in [1.29, 1.82) is 0 Å². The second-order valence-corrected chi connectivity index (χ2v) is 6.55. The van der Waals surface area contributed by atoms with Crippen LogP contribution in [0.2, 0.25) is 0 Å². The van der Waals surface area contributed by atoms with E-state index in [-0.39, 0.29) is 11.8 Å². The minimum Gasteiger partial charge on any atom is -0.496 e. The van der Waals surface area contributed by atoms with Crippen molar-refractivity contribution in [2.75, 3.05) is 26.7 Å². The highest BCUT2D eigenvalue weighted by atomic mass is 16.5. The Kier molecular flexibility index (Phi) is 5.56. The molecule has 1 fully saturated rings. The van der Waals surface area contributed by atoms with E-state index in [1.807, 2.05) is 42.2 Å². The average molecular weight is 352 g/mol. The predicted octanol–water partition coefficient (Wildman–Crippen LogP) is 2.88. The van der Waals surface area contributed by atoms with E-state index in [0.717, 1.165) is 5.56 Å². The number of carbonyl (C=O) groups is 2. The Labute approximate surface area is 154 Å².